The van der Waals surface area contributed by atoms with E-state index in [9.17, 15) is 4.79 Å². The summed E-state index contributed by atoms with van der Waals surface area (Å²) in [6.45, 7) is 1.24. The van der Waals surface area contributed by atoms with Crippen molar-refractivity contribution in [1.29, 1.82) is 0 Å². The average Bonchev–Trinajstić information content (AvgIpc) is 2.88. The minimum absolute atomic E-state index is 0.0951. The number of hydrogen-bond acceptors (Lipinski definition) is 4. The van der Waals surface area contributed by atoms with Gasteiger partial charge in [0.15, 0.2) is 0 Å². The van der Waals surface area contributed by atoms with E-state index in [0.717, 1.165) is 19.4 Å². The topological polar surface area (TPSA) is 64.8 Å². The maximum absolute atomic E-state index is 12.0. The molecule has 5 heteroatoms. The molecule has 1 aliphatic heterocycles. The van der Waals surface area contributed by atoms with Gasteiger partial charge in [0.25, 0.3) is 5.91 Å². The highest BCUT2D eigenvalue weighted by atomic mass is 16.5. The molecule has 1 saturated heterocycles. The van der Waals surface area contributed by atoms with Crippen molar-refractivity contribution in [2.24, 2.45) is 0 Å². The predicted octanol–water partition coefficient (Wildman–Crippen LogP) is 1.53. The lowest BCUT2D eigenvalue weighted by Gasteiger charge is -2.17. The Kier molecular flexibility index (Phi) is 4.27. The number of nitrogens with zero attached hydrogens (tertiary/aromatic N) is 1. The molecule has 2 rings (SSSR count). The van der Waals surface area contributed by atoms with E-state index in [1.807, 2.05) is 0 Å². The Balaban J connectivity index is 2.12. The number of carbonyl (C=O) groups excluding carboxylic acids is 1. The van der Waals surface area contributed by atoms with E-state index in [1.54, 1.807) is 32.3 Å². The van der Waals surface area contributed by atoms with Gasteiger partial charge in [-0.25, -0.2) is 0 Å². The van der Waals surface area contributed by atoms with Crippen LogP contribution in [-0.2, 0) is 4.74 Å². The Bertz CT molecular complexity index is 454. The molecule has 1 heterocycles. The molecule has 1 unspecified atom stereocenters. The van der Waals surface area contributed by atoms with Gasteiger partial charge in [-0.15, -0.1) is 0 Å². The van der Waals surface area contributed by atoms with Crippen molar-refractivity contribution in [3.8, 4) is 5.75 Å². The Morgan fingerprint density at radius 1 is 1.53 bits per heavy atom. The van der Waals surface area contributed by atoms with Crippen molar-refractivity contribution in [3.63, 3.8) is 0 Å². The van der Waals surface area contributed by atoms with Crippen LogP contribution in [0.25, 0.3) is 0 Å². The summed E-state index contributed by atoms with van der Waals surface area (Å²) < 4.78 is 11.2. The zero-order valence-electron chi connectivity index (χ0n) is 11.4. The normalized spacial score (nSPS) is 18.3. The van der Waals surface area contributed by atoms with E-state index in [4.69, 9.17) is 15.2 Å². The van der Waals surface area contributed by atoms with Crippen molar-refractivity contribution in [1.82, 2.24) is 4.90 Å². The molecule has 1 fully saturated rings. The summed E-state index contributed by atoms with van der Waals surface area (Å²) in [6.07, 6.45) is 2.18. The van der Waals surface area contributed by atoms with E-state index in [2.05, 4.69) is 0 Å². The largest absolute Gasteiger partial charge is 0.490 e. The number of nitrogen functional groups attached to an aromatic ring is 1. The zero-order chi connectivity index (χ0) is 13.8. The number of nitrogens with two attached hydrogens (primary N) is 1. The Hall–Kier alpha value is -1.75. The number of anilines is 1. The van der Waals surface area contributed by atoms with Crippen molar-refractivity contribution >= 4 is 11.6 Å². The first-order valence-electron chi connectivity index (χ1n) is 6.43. The Morgan fingerprint density at radius 2 is 2.32 bits per heavy atom. The third kappa shape index (κ3) is 3.38. The van der Waals surface area contributed by atoms with Gasteiger partial charge in [0.2, 0.25) is 0 Å². The number of amides is 1. The molecule has 0 saturated carbocycles. The maximum Gasteiger partial charge on any atom is 0.257 e. The van der Waals surface area contributed by atoms with Gasteiger partial charge in [0.1, 0.15) is 12.4 Å². The van der Waals surface area contributed by atoms with E-state index >= 15 is 0 Å². The lowest BCUT2D eigenvalue weighted by molar-refractivity contribution is 0.0662. The molecule has 1 aliphatic rings. The fourth-order valence-corrected chi connectivity index (χ4v) is 2.03. The second-order valence-electron chi connectivity index (χ2n) is 4.90. The van der Waals surface area contributed by atoms with Gasteiger partial charge in [-0.1, -0.05) is 0 Å². The summed E-state index contributed by atoms with van der Waals surface area (Å²) in [6, 6.07) is 5.09. The van der Waals surface area contributed by atoms with Crippen LogP contribution in [0.15, 0.2) is 18.2 Å². The van der Waals surface area contributed by atoms with Crippen molar-refractivity contribution in [2.75, 3.05) is 33.0 Å². The molecule has 1 aromatic carbocycles. The SMILES string of the molecule is CN(C)C(=O)c1ccc(N)cc1OCC1CCCO1. The fourth-order valence-electron chi connectivity index (χ4n) is 2.03. The molecule has 1 amide bonds. The monoisotopic (exact) mass is 264 g/mol. The van der Waals surface area contributed by atoms with Gasteiger partial charge >= 0.3 is 0 Å². The average molecular weight is 264 g/mol. The van der Waals surface area contributed by atoms with Crippen LogP contribution in [0.4, 0.5) is 5.69 Å². The molecule has 2 N–H and O–H groups in total. The van der Waals surface area contributed by atoms with Gasteiger partial charge in [-0.05, 0) is 25.0 Å². The molecule has 19 heavy (non-hydrogen) atoms. The maximum atomic E-state index is 12.0. The first-order valence-corrected chi connectivity index (χ1v) is 6.43. The van der Waals surface area contributed by atoms with E-state index in [0.29, 0.717) is 23.6 Å². The van der Waals surface area contributed by atoms with Crippen LogP contribution in [0.1, 0.15) is 23.2 Å². The number of hydrogen-bond donors (Lipinski definition) is 1. The molecule has 0 bridgehead atoms. The van der Waals surface area contributed by atoms with Crippen LogP contribution in [0.5, 0.6) is 5.75 Å². The molecule has 5 nitrogen and oxygen atoms in total. The van der Waals surface area contributed by atoms with Crippen LogP contribution in [0.3, 0.4) is 0 Å². The summed E-state index contributed by atoms with van der Waals surface area (Å²) in [5.74, 6) is 0.427. The summed E-state index contributed by atoms with van der Waals surface area (Å²) in [5, 5.41) is 0. The van der Waals surface area contributed by atoms with Gasteiger partial charge < -0.3 is 20.1 Å². The molecule has 0 spiro atoms. The minimum atomic E-state index is -0.0951. The lowest BCUT2D eigenvalue weighted by Crippen LogP contribution is -2.23. The van der Waals surface area contributed by atoms with Crippen LogP contribution in [-0.4, -0.2) is 44.2 Å². The lowest BCUT2D eigenvalue weighted by atomic mass is 10.1. The third-order valence-electron chi connectivity index (χ3n) is 3.09. The summed E-state index contributed by atoms with van der Waals surface area (Å²) >= 11 is 0. The van der Waals surface area contributed by atoms with Gasteiger partial charge in [-0.2, -0.15) is 0 Å². The summed E-state index contributed by atoms with van der Waals surface area (Å²) in [5.41, 5.74) is 6.86. The molecule has 0 radical (unpaired) electrons. The molecule has 0 aromatic heterocycles. The van der Waals surface area contributed by atoms with Gasteiger partial charge in [0, 0.05) is 32.5 Å². The third-order valence-corrected chi connectivity index (χ3v) is 3.09. The smallest absolute Gasteiger partial charge is 0.257 e. The van der Waals surface area contributed by atoms with Crippen molar-refractivity contribution in [2.45, 2.75) is 18.9 Å². The second-order valence-corrected chi connectivity index (χ2v) is 4.90. The number of benzene rings is 1. The van der Waals surface area contributed by atoms with Crippen LogP contribution in [0.2, 0.25) is 0 Å². The zero-order valence-corrected chi connectivity index (χ0v) is 11.4. The fraction of sp³-hybridized carbons (Fsp3) is 0.500. The predicted molar refractivity (Wildman–Crippen MR) is 73.3 cm³/mol. The highest BCUT2D eigenvalue weighted by molar-refractivity contribution is 5.97. The molecule has 0 aliphatic carbocycles. The van der Waals surface area contributed by atoms with E-state index in [-0.39, 0.29) is 12.0 Å². The van der Waals surface area contributed by atoms with Crippen molar-refractivity contribution < 1.29 is 14.3 Å². The molecule has 1 aromatic rings. The quantitative estimate of drug-likeness (QED) is 0.838. The highest BCUT2D eigenvalue weighted by Gasteiger charge is 2.19. The number of ether oxygens (including phenoxy) is 2. The summed E-state index contributed by atoms with van der Waals surface area (Å²) in [7, 11) is 3.42. The van der Waals surface area contributed by atoms with Crippen LogP contribution >= 0.6 is 0 Å². The molecule has 104 valence electrons. The van der Waals surface area contributed by atoms with Crippen LogP contribution < -0.4 is 10.5 Å². The highest BCUT2D eigenvalue weighted by Crippen LogP contribution is 2.24. The van der Waals surface area contributed by atoms with E-state index < -0.39 is 0 Å². The van der Waals surface area contributed by atoms with Gasteiger partial charge in [0.05, 0.1) is 11.7 Å². The number of rotatable bonds is 4. The van der Waals surface area contributed by atoms with Gasteiger partial charge in [-0.3, -0.25) is 4.79 Å². The second kappa shape index (κ2) is 5.93. The Morgan fingerprint density at radius 3 is 2.95 bits per heavy atom. The molecular weight excluding hydrogens is 244 g/mol. The molecule has 1 atom stereocenters. The van der Waals surface area contributed by atoms with Crippen LogP contribution in [0, 0.1) is 0 Å². The Labute approximate surface area is 113 Å². The summed E-state index contributed by atoms with van der Waals surface area (Å²) in [4.78, 5) is 13.6. The number of carbonyl (C=O) groups is 1. The molecular formula is C14H20N2O3. The first kappa shape index (κ1) is 13.7. The minimum Gasteiger partial charge on any atom is -0.490 e. The van der Waals surface area contributed by atoms with Crippen molar-refractivity contribution in [3.05, 3.63) is 23.8 Å². The first-order chi connectivity index (χ1) is 9.08. The standard InChI is InChI=1S/C14H20N2O3/c1-16(2)14(17)12-6-5-10(15)8-13(12)19-9-11-4-3-7-18-11/h5-6,8,11H,3-4,7,9,15H2,1-2H3. The van der Waals surface area contributed by atoms with E-state index in [1.165, 1.54) is 4.90 Å².